The van der Waals surface area contributed by atoms with Crippen molar-refractivity contribution >= 4 is 11.7 Å². The number of hydrogen-bond donors (Lipinski definition) is 1. The van der Waals surface area contributed by atoms with Crippen molar-refractivity contribution < 1.29 is 22.4 Å². The van der Waals surface area contributed by atoms with Gasteiger partial charge >= 0.3 is 6.18 Å². The molecule has 1 aliphatic carbocycles. The number of nitrogens with one attached hydrogen (secondary N) is 1. The standard InChI is InChI=1S/C26H24F4N4O/c1-16-7-8-20(17-5-3-2-4-6-17)22(33-16)24(35)34-15-25(9-10-25)12-19(34)14-32-23-21(27)11-18(13-31-23)26(28,29)30/h2-8,11,13,19H,9-10,12,14-15H2,1H3,(H,31,32)/t19-/m0/s1. The number of likely N-dealkylation sites (tertiary alicyclic amines) is 1. The molecular formula is C26H24F4N4O. The lowest BCUT2D eigenvalue weighted by Crippen LogP contribution is -2.40. The predicted octanol–water partition coefficient (Wildman–Crippen LogP) is 5.72. The molecule has 1 spiro atoms. The number of anilines is 1. The van der Waals surface area contributed by atoms with Gasteiger partial charge in [-0.2, -0.15) is 13.2 Å². The summed E-state index contributed by atoms with van der Waals surface area (Å²) in [5.41, 5.74) is 1.60. The molecule has 1 aliphatic heterocycles. The molecule has 5 nitrogen and oxygen atoms in total. The van der Waals surface area contributed by atoms with Gasteiger partial charge in [-0.3, -0.25) is 4.79 Å². The van der Waals surface area contributed by atoms with Crippen LogP contribution in [0.25, 0.3) is 11.1 Å². The molecule has 0 bridgehead atoms. The van der Waals surface area contributed by atoms with Crippen LogP contribution in [0.4, 0.5) is 23.4 Å². The number of aromatic nitrogens is 2. The molecule has 1 N–H and O–H groups in total. The van der Waals surface area contributed by atoms with Gasteiger partial charge in [-0.05, 0) is 49.3 Å². The summed E-state index contributed by atoms with van der Waals surface area (Å²) in [6, 6.07) is 13.5. The van der Waals surface area contributed by atoms with Crippen molar-refractivity contribution in [2.24, 2.45) is 5.41 Å². The maximum absolute atomic E-state index is 14.3. The number of aryl methyl sites for hydroxylation is 1. The average molecular weight is 484 g/mol. The second kappa shape index (κ2) is 8.62. The number of carbonyl (C=O) groups is 1. The Morgan fingerprint density at radius 2 is 1.91 bits per heavy atom. The summed E-state index contributed by atoms with van der Waals surface area (Å²) in [4.78, 5) is 23.7. The van der Waals surface area contributed by atoms with Crippen LogP contribution < -0.4 is 5.32 Å². The third kappa shape index (κ3) is 4.72. The highest BCUT2D eigenvalue weighted by atomic mass is 19.4. The molecule has 1 aromatic carbocycles. The van der Waals surface area contributed by atoms with E-state index in [9.17, 15) is 22.4 Å². The minimum Gasteiger partial charge on any atom is -0.366 e. The Hall–Kier alpha value is -3.49. The Morgan fingerprint density at radius 3 is 2.57 bits per heavy atom. The molecule has 0 radical (unpaired) electrons. The first kappa shape index (κ1) is 23.3. The molecule has 35 heavy (non-hydrogen) atoms. The van der Waals surface area contributed by atoms with Crippen LogP contribution in [0.1, 0.15) is 41.0 Å². The fourth-order valence-corrected chi connectivity index (χ4v) is 4.77. The average Bonchev–Trinajstić information content (AvgIpc) is 3.49. The number of alkyl halides is 3. The van der Waals surface area contributed by atoms with Gasteiger partial charge in [0.05, 0.1) is 5.56 Å². The highest BCUT2D eigenvalue weighted by Crippen LogP contribution is 2.55. The first-order valence-corrected chi connectivity index (χ1v) is 11.5. The van der Waals surface area contributed by atoms with Crippen molar-refractivity contribution in [2.45, 2.75) is 38.4 Å². The monoisotopic (exact) mass is 484 g/mol. The fraction of sp³-hybridized carbons (Fsp3) is 0.346. The second-order valence-electron chi connectivity index (χ2n) is 9.44. The zero-order chi connectivity index (χ0) is 24.8. The Morgan fingerprint density at radius 1 is 1.17 bits per heavy atom. The summed E-state index contributed by atoms with van der Waals surface area (Å²) in [6.45, 7) is 2.58. The molecule has 9 heteroatoms. The van der Waals surface area contributed by atoms with Gasteiger partial charge in [-0.15, -0.1) is 0 Å². The number of benzene rings is 1. The number of amides is 1. The minimum atomic E-state index is -4.67. The van der Waals surface area contributed by atoms with Gasteiger partial charge in [-0.25, -0.2) is 14.4 Å². The van der Waals surface area contributed by atoms with E-state index in [1.165, 1.54) is 0 Å². The van der Waals surface area contributed by atoms with Crippen LogP contribution in [0, 0.1) is 18.2 Å². The number of nitrogens with zero attached hydrogens (tertiary/aromatic N) is 3. The molecular weight excluding hydrogens is 460 g/mol. The van der Waals surface area contributed by atoms with Gasteiger partial charge in [0.25, 0.3) is 5.91 Å². The van der Waals surface area contributed by atoms with E-state index in [2.05, 4.69) is 15.3 Å². The van der Waals surface area contributed by atoms with Gasteiger partial charge < -0.3 is 10.2 Å². The van der Waals surface area contributed by atoms with Crippen LogP contribution >= 0.6 is 0 Å². The van der Waals surface area contributed by atoms with Crippen LogP contribution in [0.2, 0.25) is 0 Å². The molecule has 1 saturated carbocycles. The quantitative estimate of drug-likeness (QED) is 0.471. The van der Waals surface area contributed by atoms with E-state index in [1.807, 2.05) is 49.4 Å². The fourth-order valence-electron chi connectivity index (χ4n) is 4.77. The molecule has 1 amide bonds. The van der Waals surface area contributed by atoms with Crippen LogP contribution in [-0.2, 0) is 6.18 Å². The molecule has 2 aliphatic rings. The van der Waals surface area contributed by atoms with Gasteiger partial charge in [0.1, 0.15) is 5.69 Å². The third-order valence-electron chi connectivity index (χ3n) is 6.83. The van der Waals surface area contributed by atoms with Crippen LogP contribution in [0.5, 0.6) is 0 Å². The van der Waals surface area contributed by atoms with Crippen molar-refractivity contribution in [2.75, 3.05) is 18.4 Å². The van der Waals surface area contributed by atoms with Crippen molar-refractivity contribution in [1.29, 1.82) is 0 Å². The summed E-state index contributed by atoms with van der Waals surface area (Å²) in [6.07, 6.45) is -1.31. The van der Waals surface area contributed by atoms with E-state index in [0.29, 0.717) is 24.5 Å². The highest BCUT2D eigenvalue weighted by molar-refractivity contribution is 5.99. The number of hydrogen-bond acceptors (Lipinski definition) is 4. The molecule has 182 valence electrons. The van der Waals surface area contributed by atoms with E-state index in [0.717, 1.165) is 36.1 Å². The van der Waals surface area contributed by atoms with Crippen LogP contribution in [-0.4, -0.2) is 39.9 Å². The Kier molecular flexibility index (Phi) is 5.73. The van der Waals surface area contributed by atoms with E-state index >= 15 is 0 Å². The number of carbonyl (C=O) groups excluding carboxylic acids is 1. The van der Waals surface area contributed by atoms with Gasteiger partial charge in [-0.1, -0.05) is 36.4 Å². The van der Waals surface area contributed by atoms with Crippen molar-refractivity contribution in [3.8, 4) is 11.1 Å². The summed E-state index contributed by atoms with van der Waals surface area (Å²) in [7, 11) is 0. The van der Waals surface area contributed by atoms with E-state index in [1.54, 1.807) is 4.90 Å². The second-order valence-corrected chi connectivity index (χ2v) is 9.44. The smallest absolute Gasteiger partial charge is 0.366 e. The summed E-state index contributed by atoms with van der Waals surface area (Å²) in [5.74, 6) is -1.55. The van der Waals surface area contributed by atoms with Crippen molar-refractivity contribution in [3.05, 3.63) is 77.5 Å². The summed E-state index contributed by atoms with van der Waals surface area (Å²) >= 11 is 0. The zero-order valence-electron chi connectivity index (χ0n) is 19.1. The molecule has 5 rings (SSSR count). The number of halogens is 4. The number of pyridine rings is 2. The van der Waals surface area contributed by atoms with Crippen LogP contribution in [0.3, 0.4) is 0 Å². The van der Waals surface area contributed by atoms with E-state index in [-0.39, 0.29) is 29.7 Å². The minimum absolute atomic E-state index is 0.0465. The molecule has 0 unspecified atom stereocenters. The summed E-state index contributed by atoms with van der Waals surface area (Å²) < 4.78 is 52.8. The first-order valence-electron chi connectivity index (χ1n) is 11.5. The Bertz CT molecular complexity index is 1260. The van der Waals surface area contributed by atoms with Gasteiger partial charge in [0, 0.05) is 36.6 Å². The number of rotatable bonds is 5. The van der Waals surface area contributed by atoms with Gasteiger partial charge in [0.2, 0.25) is 0 Å². The van der Waals surface area contributed by atoms with Crippen molar-refractivity contribution in [1.82, 2.24) is 14.9 Å². The molecule has 1 saturated heterocycles. The van der Waals surface area contributed by atoms with Crippen molar-refractivity contribution in [3.63, 3.8) is 0 Å². The predicted molar refractivity (Wildman–Crippen MR) is 123 cm³/mol. The maximum Gasteiger partial charge on any atom is 0.417 e. The topological polar surface area (TPSA) is 58.1 Å². The molecule has 3 heterocycles. The van der Waals surface area contributed by atoms with Gasteiger partial charge in [0.15, 0.2) is 11.6 Å². The lowest BCUT2D eigenvalue weighted by atomic mass is 10.0. The molecule has 2 fully saturated rings. The molecule has 3 aromatic rings. The van der Waals surface area contributed by atoms with E-state index in [4.69, 9.17) is 0 Å². The lowest BCUT2D eigenvalue weighted by molar-refractivity contribution is -0.138. The zero-order valence-corrected chi connectivity index (χ0v) is 19.1. The normalized spacial score (nSPS) is 18.7. The Labute approximate surface area is 200 Å². The molecule has 2 aromatic heterocycles. The van der Waals surface area contributed by atoms with E-state index < -0.39 is 17.6 Å². The maximum atomic E-state index is 14.3. The third-order valence-corrected chi connectivity index (χ3v) is 6.83. The van der Waals surface area contributed by atoms with Crippen LogP contribution in [0.15, 0.2) is 54.7 Å². The highest BCUT2D eigenvalue weighted by Gasteiger charge is 2.53. The largest absolute Gasteiger partial charge is 0.417 e. The first-order chi connectivity index (χ1) is 16.7. The SMILES string of the molecule is Cc1ccc(-c2ccccc2)c(C(=O)N2CC3(CC3)C[C@H]2CNc2ncc(C(F)(F)F)cc2F)n1. The Balaban J connectivity index is 1.39. The summed E-state index contributed by atoms with van der Waals surface area (Å²) in [5, 5.41) is 2.83. The lowest BCUT2D eigenvalue weighted by Gasteiger charge is -2.26. The molecule has 1 atom stereocenters.